The Morgan fingerprint density at radius 3 is 2.96 bits per heavy atom. The molecule has 1 fully saturated rings. The molecule has 2 amide bonds. The summed E-state index contributed by atoms with van der Waals surface area (Å²) in [6.45, 7) is 5.53. The van der Waals surface area contributed by atoms with E-state index in [1.165, 1.54) is 0 Å². The van der Waals surface area contributed by atoms with Crippen LogP contribution in [0.3, 0.4) is 0 Å². The molecule has 3 heterocycles. The molecule has 0 aromatic carbocycles. The van der Waals surface area contributed by atoms with Crippen molar-refractivity contribution in [1.82, 2.24) is 15.6 Å². The predicted octanol–water partition coefficient (Wildman–Crippen LogP) is 2.37. The van der Waals surface area contributed by atoms with E-state index in [-0.39, 0.29) is 12.1 Å². The van der Waals surface area contributed by atoms with Crippen LogP contribution < -0.4 is 15.5 Å². The summed E-state index contributed by atoms with van der Waals surface area (Å²) < 4.78 is 5.54. The van der Waals surface area contributed by atoms with Gasteiger partial charge in [-0.2, -0.15) is 0 Å². The topological polar surface area (TPSA) is 66.5 Å². The average molecular weight is 346 g/mol. The van der Waals surface area contributed by atoms with Crippen molar-refractivity contribution >= 4 is 23.2 Å². The zero-order valence-corrected chi connectivity index (χ0v) is 14.5. The third-order valence-electron chi connectivity index (χ3n) is 3.83. The van der Waals surface area contributed by atoms with Gasteiger partial charge in [0.25, 0.3) is 0 Å². The minimum absolute atomic E-state index is 0.172. The van der Waals surface area contributed by atoms with E-state index >= 15 is 0 Å². The number of carbonyl (C=O) groups is 1. The van der Waals surface area contributed by atoms with Gasteiger partial charge in [-0.15, -0.1) is 11.3 Å². The van der Waals surface area contributed by atoms with E-state index in [2.05, 4.69) is 27.4 Å². The zero-order chi connectivity index (χ0) is 16.8. The summed E-state index contributed by atoms with van der Waals surface area (Å²) in [6.07, 6.45) is 2.04. The number of urea groups is 1. The van der Waals surface area contributed by atoms with Gasteiger partial charge >= 0.3 is 6.03 Å². The third-order valence-corrected chi connectivity index (χ3v) is 4.71. The molecule has 0 saturated carbocycles. The number of nitrogens with zero attached hydrogens (tertiary/aromatic N) is 2. The van der Waals surface area contributed by atoms with Gasteiger partial charge in [0.2, 0.25) is 0 Å². The number of hydrogen-bond donors (Lipinski definition) is 2. The fourth-order valence-corrected chi connectivity index (χ4v) is 3.20. The van der Waals surface area contributed by atoms with Crippen molar-refractivity contribution < 1.29 is 9.53 Å². The highest BCUT2D eigenvalue weighted by Gasteiger charge is 2.17. The Morgan fingerprint density at radius 2 is 2.25 bits per heavy atom. The number of ether oxygens (including phenoxy) is 1. The van der Waals surface area contributed by atoms with Gasteiger partial charge < -0.3 is 20.3 Å². The standard InChI is InChI=1S/C17H22N4O2S/c1-13-12-21(6-7-23-13)16-5-4-14(9-18-16)10-19-17(22)20-11-15-3-2-8-24-15/h2-5,8-9,13H,6-7,10-12H2,1H3,(H2,19,20,22)/t13-/m1/s1. The average Bonchev–Trinajstić information content (AvgIpc) is 3.12. The van der Waals surface area contributed by atoms with Crippen LogP contribution >= 0.6 is 11.3 Å². The van der Waals surface area contributed by atoms with E-state index in [4.69, 9.17) is 4.74 Å². The molecule has 1 aliphatic rings. The SMILES string of the molecule is C[C@@H]1CN(c2ccc(CNC(=O)NCc3cccs3)cn2)CCO1. The number of nitrogens with one attached hydrogen (secondary N) is 2. The molecule has 6 nitrogen and oxygen atoms in total. The first-order chi connectivity index (χ1) is 11.7. The number of thiophene rings is 1. The maximum atomic E-state index is 11.8. The second kappa shape index (κ2) is 8.12. The molecule has 0 bridgehead atoms. The monoisotopic (exact) mass is 346 g/mol. The molecule has 7 heteroatoms. The number of pyridine rings is 1. The number of aromatic nitrogens is 1. The molecule has 3 rings (SSSR count). The smallest absolute Gasteiger partial charge is 0.315 e. The van der Waals surface area contributed by atoms with Gasteiger partial charge in [-0.3, -0.25) is 0 Å². The van der Waals surface area contributed by atoms with Crippen LogP contribution in [0.15, 0.2) is 35.8 Å². The van der Waals surface area contributed by atoms with E-state index < -0.39 is 0 Å². The van der Waals surface area contributed by atoms with Gasteiger partial charge in [-0.1, -0.05) is 12.1 Å². The maximum Gasteiger partial charge on any atom is 0.315 e. The molecule has 0 spiro atoms. The first kappa shape index (κ1) is 16.7. The quantitative estimate of drug-likeness (QED) is 0.872. The number of morpholine rings is 1. The Bertz CT molecular complexity index is 645. The molecule has 1 saturated heterocycles. The van der Waals surface area contributed by atoms with Crippen LogP contribution in [0.5, 0.6) is 0 Å². The summed E-state index contributed by atoms with van der Waals surface area (Å²) in [5, 5.41) is 7.69. The lowest BCUT2D eigenvalue weighted by Gasteiger charge is -2.32. The molecule has 128 valence electrons. The summed E-state index contributed by atoms with van der Waals surface area (Å²) in [5.41, 5.74) is 0.978. The van der Waals surface area contributed by atoms with Crippen LogP contribution in [-0.2, 0) is 17.8 Å². The largest absolute Gasteiger partial charge is 0.375 e. The highest BCUT2D eigenvalue weighted by atomic mass is 32.1. The molecule has 24 heavy (non-hydrogen) atoms. The van der Waals surface area contributed by atoms with E-state index in [0.717, 1.165) is 36.0 Å². The van der Waals surface area contributed by atoms with Crippen molar-refractivity contribution in [2.75, 3.05) is 24.6 Å². The number of rotatable bonds is 5. The Labute approximate surface area is 145 Å². The fraction of sp³-hybridized carbons (Fsp3) is 0.412. The minimum atomic E-state index is -0.172. The Kier molecular flexibility index (Phi) is 5.66. The lowest BCUT2D eigenvalue weighted by atomic mass is 10.2. The lowest BCUT2D eigenvalue weighted by Crippen LogP contribution is -2.41. The van der Waals surface area contributed by atoms with Crippen LogP contribution in [0.4, 0.5) is 10.6 Å². The summed E-state index contributed by atoms with van der Waals surface area (Å²) in [4.78, 5) is 19.7. The van der Waals surface area contributed by atoms with Crippen LogP contribution in [0.1, 0.15) is 17.4 Å². The normalized spacial score (nSPS) is 17.5. The van der Waals surface area contributed by atoms with Crippen molar-refractivity contribution in [2.24, 2.45) is 0 Å². The molecule has 1 aliphatic heterocycles. The summed E-state index contributed by atoms with van der Waals surface area (Å²) >= 11 is 1.63. The third kappa shape index (κ3) is 4.69. The Hall–Kier alpha value is -2.12. The molecule has 0 aliphatic carbocycles. The first-order valence-corrected chi connectivity index (χ1v) is 8.94. The van der Waals surface area contributed by atoms with Crippen LogP contribution in [-0.4, -0.2) is 36.8 Å². The van der Waals surface area contributed by atoms with Gasteiger partial charge in [0, 0.05) is 30.7 Å². The summed E-state index contributed by atoms with van der Waals surface area (Å²) in [7, 11) is 0. The molecule has 1 atom stereocenters. The van der Waals surface area contributed by atoms with Gasteiger partial charge in [-0.25, -0.2) is 9.78 Å². The molecule has 0 unspecified atom stereocenters. The first-order valence-electron chi connectivity index (χ1n) is 8.06. The zero-order valence-electron chi connectivity index (χ0n) is 13.7. The second-order valence-corrected chi connectivity index (χ2v) is 6.80. The van der Waals surface area contributed by atoms with Gasteiger partial charge in [0.15, 0.2) is 0 Å². The van der Waals surface area contributed by atoms with E-state index in [9.17, 15) is 4.79 Å². The van der Waals surface area contributed by atoms with Crippen LogP contribution in [0, 0.1) is 0 Å². The van der Waals surface area contributed by atoms with E-state index in [1.54, 1.807) is 11.3 Å². The molecule has 2 aromatic heterocycles. The van der Waals surface area contributed by atoms with Gasteiger partial charge in [0.05, 0.1) is 19.3 Å². The van der Waals surface area contributed by atoms with Crippen molar-refractivity contribution in [3.05, 3.63) is 46.3 Å². The lowest BCUT2D eigenvalue weighted by molar-refractivity contribution is 0.0529. The molecule has 2 aromatic rings. The Morgan fingerprint density at radius 1 is 1.38 bits per heavy atom. The van der Waals surface area contributed by atoms with E-state index in [1.807, 2.05) is 35.8 Å². The number of amides is 2. The van der Waals surface area contributed by atoms with Crippen molar-refractivity contribution in [3.8, 4) is 0 Å². The maximum absolute atomic E-state index is 11.8. The molecular weight excluding hydrogens is 324 g/mol. The molecular formula is C17H22N4O2S. The number of carbonyl (C=O) groups excluding carboxylic acids is 1. The van der Waals surface area contributed by atoms with Crippen LogP contribution in [0.25, 0.3) is 0 Å². The number of anilines is 1. The van der Waals surface area contributed by atoms with Gasteiger partial charge in [-0.05, 0) is 30.0 Å². The Balaban J connectivity index is 1.44. The summed E-state index contributed by atoms with van der Waals surface area (Å²) in [5.74, 6) is 0.955. The highest BCUT2D eigenvalue weighted by molar-refractivity contribution is 7.09. The second-order valence-electron chi connectivity index (χ2n) is 5.77. The summed E-state index contributed by atoms with van der Waals surface area (Å²) in [6, 6.07) is 7.80. The predicted molar refractivity (Wildman–Crippen MR) is 95.3 cm³/mol. The van der Waals surface area contributed by atoms with Crippen molar-refractivity contribution in [2.45, 2.75) is 26.1 Å². The molecule has 0 radical (unpaired) electrons. The molecule has 2 N–H and O–H groups in total. The van der Waals surface area contributed by atoms with E-state index in [0.29, 0.717) is 13.1 Å². The van der Waals surface area contributed by atoms with Crippen molar-refractivity contribution in [1.29, 1.82) is 0 Å². The number of hydrogen-bond acceptors (Lipinski definition) is 5. The van der Waals surface area contributed by atoms with Crippen molar-refractivity contribution in [3.63, 3.8) is 0 Å². The van der Waals surface area contributed by atoms with Gasteiger partial charge in [0.1, 0.15) is 5.82 Å². The minimum Gasteiger partial charge on any atom is -0.375 e. The fourth-order valence-electron chi connectivity index (χ4n) is 2.56. The van der Waals surface area contributed by atoms with Crippen LogP contribution in [0.2, 0.25) is 0 Å². The highest BCUT2D eigenvalue weighted by Crippen LogP contribution is 2.15.